The van der Waals surface area contributed by atoms with E-state index in [1.54, 1.807) is 0 Å². The molecular weight excluding hydrogens is 290 g/mol. The third kappa shape index (κ3) is 10.8. The second-order valence-electron chi connectivity index (χ2n) is 6.06. The van der Waals surface area contributed by atoms with Gasteiger partial charge in [0.25, 0.3) is 0 Å². The number of allylic oxidation sites excluding steroid dienone is 4. The zero-order valence-corrected chi connectivity index (χ0v) is 15.1. The maximum absolute atomic E-state index is 3.77. The van der Waals surface area contributed by atoms with Gasteiger partial charge in [0.15, 0.2) is 0 Å². The summed E-state index contributed by atoms with van der Waals surface area (Å²) in [4.78, 5) is 2.48. The number of benzene rings is 1. The molecule has 1 aromatic rings. The lowest BCUT2D eigenvalue weighted by molar-refractivity contribution is 0.327. The highest BCUT2D eigenvalue weighted by Gasteiger charge is 2.02. The van der Waals surface area contributed by atoms with Gasteiger partial charge in [0.1, 0.15) is 0 Å². The van der Waals surface area contributed by atoms with Gasteiger partial charge in [-0.05, 0) is 44.1 Å². The van der Waals surface area contributed by atoms with Crippen LogP contribution in [0.3, 0.4) is 0 Å². The summed E-state index contributed by atoms with van der Waals surface area (Å²) in [6.45, 7) is 10.5. The summed E-state index contributed by atoms with van der Waals surface area (Å²) >= 11 is 0. The van der Waals surface area contributed by atoms with Crippen LogP contribution < -0.4 is 0 Å². The Morgan fingerprint density at radius 2 is 1.25 bits per heavy atom. The van der Waals surface area contributed by atoms with E-state index in [9.17, 15) is 0 Å². The molecular formula is C23H33N. The Morgan fingerprint density at radius 1 is 0.708 bits per heavy atom. The number of rotatable bonds is 14. The lowest BCUT2D eigenvalue weighted by atomic mass is 10.2. The van der Waals surface area contributed by atoms with Crippen LogP contribution in [0.1, 0.15) is 44.1 Å². The lowest BCUT2D eigenvalue weighted by Crippen LogP contribution is -2.23. The first-order valence-corrected chi connectivity index (χ1v) is 9.15. The van der Waals surface area contributed by atoms with E-state index < -0.39 is 0 Å². The molecule has 0 aliphatic carbocycles. The second-order valence-corrected chi connectivity index (χ2v) is 6.06. The quantitative estimate of drug-likeness (QED) is 0.286. The molecule has 0 spiro atoms. The number of hydrogen-bond acceptors (Lipinski definition) is 1. The van der Waals surface area contributed by atoms with Crippen molar-refractivity contribution in [3.05, 3.63) is 85.5 Å². The normalized spacial score (nSPS) is 11.5. The highest BCUT2D eigenvalue weighted by atomic mass is 15.1. The molecule has 0 atom stereocenters. The molecule has 0 N–H and O–H groups in total. The van der Waals surface area contributed by atoms with Gasteiger partial charge < -0.3 is 0 Å². The predicted molar refractivity (Wildman–Crippen MR) is 108 cm³/mol. The van der Waals surface area contributed by atoms with E-state index >= 15 is 0 Å². The molecule has 0 heterocycles. The molecule has 0 amide bonds. The van der Waals surface area contributed by atoms with Gasteiger partial charge >= 0.3 is 0 Å². The molecule has 0 saturated heterocycles. The molecule has 1 heteroatoms. The minimum absolute atomic E-state index is 0.995. The van der Waals surface area contributed by atoms with E-state index in [4.69, 9.17) is 0 Å². The first-order chi connectivity index (χ1) is 11.9. The third-order valence-corrected chi connectivity index (χ3v) is 3.87. The summed E-state index contributed by atoms with van der Waals surface area (Å²) in [5.74, 6) is 0. The van der Waals surface area contributed by atoms with Crippen molar-refractivity contribution in [2.75, 3.05) is 13.1 Å². The zero-order chi connectivity index (χ0) is 17.3. The Hall–Kier alpha value is -1.86. The van der Waals surface area contributed by atoms with E-state index in [-0.39, 0.29) is 0 Å². The summed E-state index contributed by atoms with van der Waals surface area (Å²) in [6.07, 6.45) is 20.1. The average Bonchev–Trinajstić information content (AvgIpc) is 2.61. The summed E-state index contributed by atoms with van der Waals surface area (Å²) in [7, 11) is 0. The third-order valence-electron chi connectivity index (χ3n) is 3.87. The molecule has 1 nitrogen and oxygen atoms in total. The fourth-order valence-corrected chi connectivity index (χ4v) is 2.49. The molecule has 0 aliphatic heterocycles. The minimum Gasteiger partial charge on any atom is -0.292 e. The average molecular weight is 324 g/mol. The summed E-state index contributed by atoms with van der Waals surface area (Å²) in [6, 6.07) is 10.7. The van der Waals surface area contributed by atoms with Crippen molar-refractivity contribution in [3.63, 3.8) is 0 Å². The van der Waals surface area contributed by atoms with Crippen molar-refractivity contribution in [2.24, 2.45) is 0 Å². The van der Waals surface area contributed by atoms with E-state index in [2.05, 4.69) is 72.7 Å². The van der Waals surface area contributed by atoms with E-state index in [1.165, 1.54) is 18.4 Å². The monoisotopic (exact) mass is 323 g/mol. The molecule has 0 aromatic heterocycles. The topological polar surface area (TPSA) is 3.24 Å². The fourth-order valence-electron chi connectivity index (χ4n) is 2.49. The van der Waals surface area contributed by atoms with Crippen LogP contribution in [-0.4, -0.2) is 18.0 Å². The highest BCUT2D eigenvalue weighted by molar-refractivity contribution is 5.14. The summed E-state index contributed by atoms with van der Waals surface area (Å²) in [5, 5.41) is 0. The Labute approximate surface area is 149 Å². The van der Waals surface area contributed by atoms with Crippen molar-refractivity contribution in [1.29, 1.82) is 0 Å². The molecule has 0 saturated carbocycles. The van der Waals surface area contributed by atoms with Crippen LogP contribution in [0, 0.1) is 0 Å². The Balaban J connectivity index is 2.42. The van der Waals surface area contributed by atoms with Crippen molar-refractivity contribution >= 4 is 0 Å². The molecule has 0 aliphatic rings. The molecule has 0 fully saturated rings. The zero-order valence-electron chi connectivity index (χ0n) is 15.1. The minimum atomic E-state index is 0.995. The van der Waals surface area contributed by atoms with E-state index in [0.717, 1.165) is 45.3 Å². The molecule has 24 heavy (non-hydrogen) atoms. The number of unbranched alkanes of at least 4 members (excludes halogenated alkanes) is 4. The van der Waals surface area contributed by atoms with Crippen LogP contribution in [0.2, 0.25) is 0 Å². The Kier molecular flexibility index (Phi) is 12.4. The van der Waals surface area contributed by atoms with Gasteiger partial charge in [-0.1, -0.05) is 66.8 Å². The summed E-state index contributed by atoms with van der Waals surface area (Å²) in [5.41, 5.74) is 1.37. The standard InChI is InChI=1S/C23H33N/c1-3-5-7-9-11-16-20-24(21-17-12-10-8-6-4-2)22-23-18-14-13-15-19-23/h3-4,11-19H,1-2,5-10,20-22H2. The molecule has 0 unspecified atom stereocenters. The van der Waals surface area contributed by atoms with Crippen LogP contribution in [-0.2, 0) is 6.54 Å². The van der Waals surface area contributed by atoms with E-state index in [0.29, 0.717) is 0 Å². The molecule has 130 valence electrons. The lowest BCUT2D eigenvalue weighted by Gasteiger charge is -2.19. The van der Waals surface area contributed by atoms with Gasteiger partial charge in [-0.25, -0.2) is 0 Å². The highest BCUT2D eigenvalue weighted by Crippen LogP contribution is 2.06. The summed E-state index contributed by atoms with van der Waals surface area (Å²) < 4.78 is 0. The van der Waals surface area contributed by atoms with Gasteiger partial charge in [0, 0.05) is 19.6 Å². The first kappa shape index (κ1) is 20.2. The fraction of sp³-hybridized carbons (Fsp3) is 0.391. The van der Waals surface area contributed by atoms with Gasteiger partial charge in [-0.2, -0.15) is 0 Å². The smallest absolute Gasteiger partial charge is 0.0240 e. The van der Waals surface area contributed by atoms with Crippen molar-refractivity contribution in [1.82, 2.24) is 4.90 Å². The maximum Gasteiger partial charge on any atom is 0.0240 e. The Bertz CT molecular complexity index is 458. The van der Waals surface area contributed by atoms with Crippen LogP contribution in [0.4, 0.5) is 0 Å². The van der Waals surface area contributed by atoms with Gasteiger partial charge in [-0.15, -0.1) is 13.2 Å². The number of nitrogens with zero attached hydrogens (tertiary/aromatic N) is 1. The van der Waals surface area contributed by atoms with Crippen LogP contribution >= 0.6 is 0 Å². The maximum atomic E-state index is 3.77. The van der Waals surface area contributed by atoms with Gasteiger partial charge in [-0.3, -0.25) is 4.90 Å². The van der Waals surface area contributed by atoms with E-state index in [1.807, 2.05) is 12.2 Å². The first-order valence-electron chi connectivity index (χ1n) is 9.15. The van der Waals surface area contributed by atoms with Crippen LogP contribution in [0.5, 0.6) is 0 Å². The van der Waals surface area contributed by atoms with Crippen LogP contribution in [0.15, 0.2) is 79.9 Å². The SMILES string of the molecule is C=CCCCC=CCN(CC=CCCCC=C)Cc1ccccc1. The molecule has 0 bridgehead atoms. The number of hydrogen-bond donors (Lipinski definition) is 0. The van der Waals surface area contributed by atoms with Crippen molar-refractivity contribution in [3.8, 4) is 0 Å². The van der Waals surface area contributed by atoms with Gasteiger partial charge in [0.2, 0.25) is 0 Å². The molecule has 0 radical (unpaired) electrons. The largest absolute Gasteiger partial charge is 0.292 e. The molecule has 1 aromatic carbocycles. The van der Waals surface area contributed by atoms with Crippen molar-refractivity contribution < 1.29 is 0 Å². The Morgan fingerprint density at radius 3 is 1.75 bits per heavy atom. The van der Waals surface area contributed by atoms with Gasteiger partial charge in [0.05, 0.1) is 0 Å². The van der Waals surface area contributed by atoms with Crippen LogP contribution in [0.25, 0.3) is 0 Å². The van der Waals surface area contributed by atoms with Crippen molar-refractivity contribution in [2.45, 2.75) is 45.1 Å². The second kappa shape index (κ2) is 14.7. The molecule has 1 rings (SSSR count). The predicted octanol–water partition coefficient (Wildman–Crippen LogP) is 6.31.